The highest BCUT2D eigenvalue weighted by Gasteiger charge is 2.17. The van der Waals surface area contributed by atoms with Crippen LogP contribution in [0.4, 0.5) is 5.88 Å². The van der Waals surface area contributed by atoms with Gasteiger partial charge in [-0.25, -0.2) is 0 Å². The van der Waals surface area contributed by atoms with Crippen LogP contribution in [0.5, 0.6) is 0 Å². The van der Waals surface area contributed by atoms with Crippen molar-refractivity contribution in [2.24, 2.45) is 0 Å². The van der Waals surface area contributed by atoms with E-state index in [9.17, 15) is 4.79 Å². The first-order valence-electron chi connectivity index (χ1n) is 6.44. The number of aromatic nitrogens is 1. The zero-order chi connectivity index (χ0) is 14.7. The molecule has 0 fully saturated rings. The molecule has 0 bridgehead atoms. The number of amides is 1. The predicted molar refractivity (Wildman–Crippen MR) is 81.1 cm³/mol. The summed E-state index contributed by atoms with van der Waals surface area (Å²) in [5.74, 6) is 0.299. The molecular formula is C15H18N2O2S. The van der Waals surface area contributed by atoms with E-state index in [0.717, 1.165) is 10.6 Å². The summed E-state index contributed by atoms with van der Waals surface area (Å²) < 4.78 is 4.99. The highest BCUT2D eigenvalue weighted by atomic mass is 32.2. The van der Waals surface area contributed by atoms with Crippen molar-refractivity contribution < 1.29 is 9.32 Å². The van der Waals surface area contributed by atoms with Crippen LogP contribution in [0.1, 0.15) is 23.7 Å². The molecule has 20 heavy (non-hydrogen) atoms. The number of thioether (sulfide) groups is 1. The average Bonchev–Trinajstić information content (AvgIpc) is 2.79. The van der Waals surface area contributed by atoms with Crippen molar-refractivity contribution in [3.63, 3.8) is 0 Å². The molecule has 1 atom stereocenters. The standard InChI is InChI=1S/C15H18N2O2S/c1-9-5-6-10(2)13(7-9)20-12(4)15(18)16-14-8-11(3)17-19-14/h5-8,12H,1-4H3,(H,16,18). The maximum atomic E-state index is 12.1. The second-order valence-corrected chi connectivity index (χ2v) is 6.23. The van der Waals surface area contributed by atoms with Crippen LogP contribution in [-0.4, -0.2) is 16.3 Å². The highest BCUT2D eigenvalue weighted by molar-refractivity contribution is 8.00. The molecule has 106 valence electrons. The number of benzene rings is 1. The lowest BCUT2D eigenvalue weighted by molar-refractivity contribution is -0.115. The minimum atomic E-state index is -0.207. The second-order valence-electron chi connectivity index (χ2n) is 4.85. The Kier molecular flexibility index (Phi) is 4.49. The van der Waals surface area contributed by atoms with Gasteiger partial charge >= 0.3 is 0 Å². The Hall–Kier alpha value is -1.75. The van der Waals surface area contributed by atoms with E-state index in [1.165, 1.54) is 11.1 Å². The normalized spacial score (nSPS) is 12.2. The Morgan fingerprint density at radius 2 is 2.05 bits per heavy atom. The molecule has 4 nitrogen and oxygen atoms in total. The van der Waals surface area contributed by atoms with E-state index in [4.69, 9.17) is 4.52 Å². The third kappa shape index (κ3) is 3.63. The van der Waals surface area contributed by atoms with Crippen LogP contribution < -0.4 is 5.32 Å². The fourth-order valence-corrected chi connectivity index (χ4v) is 2.78. The molecule has 2 aromatic rings. The number of nitrogens with one attached hydrogen (secondary N) is 1. The summed E-state index contributed by atoms with van der Waals surface area (Å²) in [5, 5.41) is 6.26. The molecular weight excluding hydrogens is 272 g/mol. The van der Waals surface area contributed by atoms with Gasteiger partial charge in [-0.05, 0) is 39.3 Å². The van der Waals surface area contributed by atoms with Gasteiger partial charge < -0.3 is 4.52 Å². The van der Waals surface area contributed by atoms with Crippen LogP contribution in [-0.2, 0) is 4.79 Å². The molecule has 0 spiro atoms. The molecule has 0 saturated carbocycles. The molecule has 1 heterocycles. The van der Waals surface area contributed by atoms with E-state index in [0.29, 0.717) is 5.88 Å². The summed E-state index contributed by atoms with van der Waals surface area (Å²) in [6.45, 7) is 7.79. The summed E-state index contributed by atoms with van der Waals surface area (Å²) in [7, 11) is 0. The van der Waals surface area contributed by atoms with E-state index >= 15 is 0 Å². The maximum absolute atomic E-state index is 12.1. The van der Waals surface area contributed by atoms with Gasteiger partial charge in [0.05, 0.1) is 10.9 Å². The van der Waals surface area contributed by atoms with Crippen LogP contribution in [0.3, 0.4) is 0 Å². The lowest BCUT2D eigenvalue weighted by Crippen LogP contribution is -2.22. The predicted octanol–water partition coefficient (Wildman–Crippen LogP) is 3.72. The van der Waals surface area contributed by atoms with Crippen molar-refractivity contribution in [3.8, 4) is 0 Å². The van der Waals surface area contributed by atoms with Gasteiger partial charge in [0.25, 0.3) is 0 Å². The van der Waals surface area contributed by atoms with E-state index < -0.39 is 0 Å². The molecule has 1 aromatic heterocycles. The molecule has 0 saturated heterocycles. The third-order valence-electron chi connectivity index (χ3n) is 2.89. The number of hydrogen-bond donors (Lipinski definition) is 1. The van der Waals surface area contributed by atoms with Crippen molar-refractivity contribution in [3.05, 3.63) is 41.1 Å². The molecule has 1 amide bonds. The topological polar surface area (TPSA) is 55.1 Å². The summed E-state index contributed by atoms with van der Waals surface area (Å²) in [4.78, 5) is 13.2. The SMILES string of the molecule is Cc1ccc(C)c(SC(C)C(=O)Nc2cc(C)no2)c1. The Morgan fingerprint density at radius 3 is 2.70 bits per heavy atom. The lowest BCUT2D eigenvalue weighted by atomic mass is 10.2. The Balaban J connectivity index is 2.02. The fraction of sp³-hybridized carbons (Fsp3) is 0.333. The van der Waals surface area contributed by atoms with Crippen LogP contribution >= 0.6 is 11.8 Å². The molecule has 5 heteroatoms. The largest absolute Gasteiger partial charge is 0.338 e. The number of aryl methyl sites for hydroxylation is 3. The molecule has 2 rings (SSSR count). The fourth-order valence-electron chi connectivity index (χ4n) is 1.72. The van der Waals surface area contributed by atoms with Gasteiger partial charge in [-0.2, -0.15) is 0 Å². The molecule has 0 aliphatic heterocycles. The number of hydrogen-bond acceptors (Lipinski definition) is 4. The van der Waals surface area contributed by atoms with Gasteiger partial charge in [0.15, 0.2) is 0 Å². The van der Waals surface area contributed by atoms with Gasteiger partial charge in [0.1, 0.15) is 0 Å². The maximum Gasteiger partial charge on any atom is 0.239 e. The first-order chi connectivity index (χ1) is 9.45. The molecule has 1 N–H and O–H groups in total. The smallest absolute Gasteiger partial charge is 0.239 e. The zero-order valence-electron chi connectivity index (χ0n) is 12.1. The Bertz CT molecular complexity index is 622. The van der Waals surface area contributed by atoms with E-state index in [2.05, 4.69) is 28.7 Å². The van der Waals surface area contributed by atoms with Gasteiger partial charge in [0.2, 0.25) is 11.8 Å². The first-order valence-corrected chi connectivity index (χ1v) is 7.32. The molecule has 0 aliphatic carbocycles. The first kappa shape index (κ1) is 14.7. The van der Waals surface area contributed by atoms with Gasteiger partial charge in [-0.15, -0.1) is 11.8 Å². The summed E-state index contributed by atoms with van der Waals surface area (Å²) in [5.41, 5.74) is 3.11. The van der Waals surface area contributed by atoms with E-state index in [1.54, 1.807) is 17.8 Å². The van der Waals surface area contributed by atoms with E-state index in [-0.39, 0.29) is 11.2 Å². The number of anilines is 1. The summed E-state index contributed by atoms with van der Waals surface area (Å²) in [6.07, 6.45) is 0. The Morgan fingerprint density at radius 1 is 1.30 bits per heavy atom. The molecule has 0 aliphatic rings. The second kappa shape index (κ2) is 6.13. The quantitative estimate of drug-likeness (QED) is 0.872. The summed E-state index contributed by atoms with van der Waals surface area (Å²) >= 11 is 1.54. The molecule has 1 unspecified atom stereocenters. The average molecular weight is 290 g/mol. The van der Waals surface area contributed by atoms with Crippen molar-refractivity contribution >= 4 is 23.6 Å². The summed E-state index contributed by atoms with van der Waals surface area (Å²) in [6, 6.07) is 7.94. The van der Waals surface area contributed by atoms with Crippen molar-refractivity contribution in [1.82, 2.24) is 5.16 Å². The third-order valence-corrected chi connectivity index (χ3v) is 4.15. The van der Waals surface area contributed by atoms with Crippen molar-refractivity contribution in [1.29, 1.82) is 0 Å². The lowest BCUT2D eigenvalue weighted by Gasteiger charge is -2.12. The van der Waals surface area contributed by atoms with Gasteiger partial charge in [0, 0.05) is 11.0 Å². The number of nitrogens with zero attached hydrogens (tertiary/aromatic N) is 1. The minimum absolute atomic E-state index is 0.0907. The van der Waals surface area contributed by atoms with Crippen LogP contribution in [0.2, 0.25) is 0 Å². The van der Waals surface area contributed by atoms with E-state index in [1.807, 2.05) is 27.7 Å². The highest BCUT2D eigenvalue weighted by Crippen LogP contribution is 2.28. The van der Waals surface area contributed by atoms with Gasteiger partial charge in [-0.1, -0.05) is 22.9 Å². The van der Waals surface area contributed by atoms with Crippen LogP contribution in [0, 0.1) is 20.8 Å². The molecule has 1 aromatic carbocycles. The molecule has 0 radical (unpaired) electrons. The van der Waals surface area contributed by atoms with Crippen LogP contribution in [0.15, 0.2) is 33.7 Å². The monoisotopic (exact) mass is 290 g/mol. The Labute approximate surface area is 122 Å². The van der Waals surface area contributed by atoms with Gasteiger partial charge in [-0.3, -0.25) is 10.1 Å². The number of carbonyl (C=O) groups is 1. The van der Waals surface area contributed by atoms with Crippen LogP contribution in [0.25, 0.3) is 0 Å². The number of carbonyl (C=O) groups excluding carboxylic acids is 1. The van der Waals surface area contributed by atoms with Crippen molar-refractivity contribution in [2.45, 2.75) is 37.8 Å². The zero-order valence-corrected chi connectivity index (χ0v) is 12.9. The number of rotatable bonds is 4. The van der Waals surface area contributed by atoms with Crippen molar-refractivity contribution in [2.75, 3.05) is 5.32 Å². The minimum Gasteiger partial charge on any atom is -0.338 e.